The first-order valence-corrected chi connectivity index (χ1v) is 11.5. The third kappa shape index (κ3) is 4.10. The molecule has 1 N–H and O–H groups in total. The number of rotatable bonds is 6. The molecule has 4 rings (SSSR count). The lowest BCUT2D eigenvalue weighted by Gasteiger charge is -2.29. The van der Waals surface area contributed by atoms with E-state index in [2.05, 4.69) is 16.4 Å². The van der Waals surface area contributed by atoms with Crippen LogP contribution in [0.5, 0.6) is 0 Å². The van der Waals surface area contributed by atoms with E-state index in [1.807, 2.05) is 30.0 Å². The molecule has 6 nitrogen and oxygen atoms in total. The Labute approximate surface area is 177 Å². The van der Waals surface area contributed by atoms with Gasteiger partial charge in [-0.1, -0.05) is 23.9 Å². The molecule has 0 bridgehead atoms. The molecule has 0 saturated heterocycles. The highest BCUT2D eigenvalue weighted by Crippen LogP contribution is 2.28. The molecule has 0 aliphatic carbocycles. The number of hydrogen-bond acceptors (Lipinski definition) is 6. The van der Waals surface area contributed by atoms with Gasteiger partial charge in [0, 0.05) is 31.1 Å². The average Bonchev–Trinajstić information content (AvgIpc) is 3.21. The summed E-state index contributed by atoms with van der Waals surface area (Å²) in [7, 11) is 0. The van der Waals surface area contributed by atoms with Crippen LogP contribution in [-0.4, -0.2) is 43.9 Å². The second-order valence-corrected chi connectivity index (χ2v) is 9.39. The van der Waals surface area contributed by atoms with Gasteiger partial charge in [0.2, 0.25) is 5.91 Å². The van der Waals surface area contributed by atoms with E-state index in [1.54, 1.807) is 22.0 Å². The molecule has 1 atom stereocenters. The highest BCUT2D eigenvalue weighted by molar-refractivity contribution is 8.00. The lowest BCUT2D eigenvalue weighted by atomic mass is 10.1. The summed E-state index contributed by atoms with van der Waals surface area (Å²) in [5.41, 5.74) is 1.73. The Balaban J connectivity index is 1.59. The number of hydrogen-bond donors (Lipinski definition) is 1. The summed E-state index contributed by atoms with van der Waals surface area (Å²) in [6, 6.07) is 9.33. The quantitative estimate of drug-likeness (QED) is 0.482. The van der Waals surface area contributed by atoms with Crippen molar-refractivity contribution in [2.45, 2.75) is 43.3 Å². The molecule has 3 heterocycles. The van der Waals surface area contributed by atoms with E-state index in [4.69, 9.17) is 0 Å². The van der Waals surface area contributed by atoms with E-state index in [0.29, 0.717) is 35.6 Å². The average molecular weight is 430 g/mol. The summed E-state index contributed by atoms with van der Waals surface area (Å²) >= 11 is 3.07. The van der Waals surface area contributed by atoms with Crippen molar-refractivity contribution in [3.63, 3.8) is 0 Å². The maximum Gasteiger partial charge on any atom is 0.262 e. The summed E-state index contributed by atoms with van der Waals surface area (Å²) in [5, 5.41) is 12.0. The fourth-order valence-corrected chi connectivity index (χ4v) is 5.47. The normalized spacial score (nSPS) is 14.8. The van der Waals surface area contributed by atoms with Gasteiger partial charge < -0.3 is 10.0 Å². The zero-order chi connectivity index (χ0) is 20.4. The van der Waals surface area contributed by atoms with Gasteiger partial charge in [0.1, 0.15) is 0 Å². The van der Waals surface area contributed by atoms with E-state index >= 15 is 0 Å². The van der Waals surface area contributed by atoms with E-state index in [-0.39, 0.29) is 23.3 Å². The highest BCUT2D eigenvalue weighted by atomic mass is 32.2. The highest BCUT2D eigenvalue weighted by Gasteiger charge is 2.27. The van der Waals surface area contributed by atoms with E-state index in [0.717, 1.165) is 13.0 Å². The molecule has 0 spiro atoms. The summed E-state index contributed by atoms with van der Waals surface area (Å²) in [4.78, 5) is 33.9. The van der Waals surface area contributed by atoms with Gasteiger partial charge in [0.25, 0.3) is 5.56 Å². The summed E-state index contributed by atoms with van der Waals surface area (Å²) in [6.07, 6.45) is 1.36. The van der Waals surface area contributed by atoms with E-state index in [1.165, 1.54) is 22.2 Å². The molecule has 1 aromatic carbocycles. The fourth-order valence-electron chi connectivity index (χ4n) is 3.57. The van der Waals surface area contributed by atoms with Crippen LogP contribution < -0.4 is 5.56 Å². The minimum Gasteiger partial charge on any atom is -0.396 e. The molecule has 1 aliphatic heterocycles. The number of amides is 1. The minimum absolute atomic E-state index is 0.00535. The summed E-state index contributed by atoms with van der Waals surface area (Å²) in [5.74, 6) is 0.0583. The van der Waals surface area contributed by atoms with Crippen LogP contribution in [0.15, 0.2) is 45.7 Å². The Morgan fingerprint density at radius 1 is 1.34 bits per heavy atom. The first-order chi connectivity index (χ1) is 14.1. The minimum atomic E-state index is -0.358. The maximum atomic E-state index is 13.1. The molecule has 8 heteroatoms. The molecule has 1 aliphatic rings. The van der Waals surface area contributed by atoms with Gasteiger partial charge in [-0.3, -0.25) is 14.2 Å². The predicted octanol–water partition coefficient (Wildman–Crippen LogP) is 2.91. The van der Waals surface area contributed by atoms with Crippen molar-refractivity contribution in [2.75, 3.05) is 13.2 Å². The molecule has 0 radical (unpaired) electrons. The Bertz CT molecular complexity index is 1090. The number of carbonyl (C=O) groups is 1. The molecule has 0 fully saturated rings. The lowest BCUT2D eigenvalue weighted by Crippen LogP contribution is -2.40. The largest absolute Gasteiger partial charge is 0.396 e. The van der Waals surface area contributed by atoms with Gasteiger partial charge in [-0.25, -0.2) is 4.98 Å². The van der Waals surface area contributed by atoms with Crippen molar-refractivity contribution >= 4 is 39.9 Å². The van der Waals surface area contributed by atoms with Crippen molar-refractivity contribution in [3.05, 3.63) is 56.5 Å². The molecule has 152 valence electrons. The number of aliphatic hydroxyl groups excluding tert-OH is 1. The van der Waals surface area contributed by atoms with Crippen molar-refractivity contribution in [2.24, 2.45) is 0 Å². The third-order valence-electron chi connectivity index (χ3n) is 5.12. The van der Waals surface area contributed by atoms with Crippen LogP contribution in [0.25, 0.3) is 10.9 Å². The lowest BCUT2D eigenvalue weighted by molar-refractivity contribution is -0.131. The number of thiophene rings is 1. The van der Waals surface area contributed by atoms with E-state index < -0.39 is 0 Å². The van der Waals surface area contributed by atoms with Gasteiger partial charge >= 0.3 is 0 Å². The number of carbonyl (C=O) groups excluding carboxylic acids is 1. The fraction of sp³-hybridized carbons (Fsp3) is 0.381. The molecular weight excluding hydrogens is 406 g/mol. The van der Waals surface area contributed by atoms with Crippen LogP contribution in [0, 0.1) is 0 Å². The van der Waals surface area contributed by atoms with E-state index in [9.17, 15) is 14.7 Å². The predicted molar refractivity (Wildman–Crippen MR) is 116 cm³/mol. The molecule has 0 saturated carbocycles. The number of fused-ring (bicyclic) bond motifs is 2. The topological polar surface area (TPSA) is 75.4 Å². The van der Waals surface area contributed by atoms with Crippen molar-refractivity contribution in [1.29, 1.82) is 0 Å². The Kier molecular flexibility index (Phi) is 6.03. The first kappa shape index (κ1) is 20.1. The molecule has 1 unspecified atom stereocenters. The number of aliphatic hydroxyl groups is 1. The zero-order valence-electron chi connectivity index (χ0n) is 16.2. The number of benzene rings is 1. The van der Waals surface area contributed by atoms with Crippen molar-refractivity contribution < 1.29 is 9.90 Å². The van der Waals surface area contributed by atoms with Gasteiger partial charge in [0.15, 0.2) is 5.16 Å². The van der Waals surface area contributed by atoms with Crippen LogP contribution in [0.3, 0.4) is 0 Å². The molecule has 1 amide bonds. The number of thioether (sulfide) groups is 1. The molecule has 2 aromatic heterocycles. The SMILES string of the molecule is CC(Sc1nc2ccccc2c(=O)n1CCCO)C(=O)N1CCc2sccc2C1. The third-order valence-corrected chi connectivity index (χ3v) is 7.22. The second-order valence-electron chi connectivity index (χ2n) is 7.08. The standard InChI is InChI=1S/C21H23N3O3S2/c1-14(19(26)23-10-7-18-15(13-23)8-12-28-18)29-21-22-17-6-3-2-5-16(17)20(27)24(21)9-4-11-25/h2-3,5-6,8,12,14,25H,4,7,9-11,13H2,1H3. The van der Waals surface area contributed by atoms with Crippen LogP contribution in [0.1, 0.15) is 23.8 Å². The number of aromatic nitrogens is 2. The first-order valence-electron chi connectivity index (χ1n) is 9.69. The van der Waals surface area contributed by atoms with Crippen molar-refractivity contribution in [1.82, 2.24) is 14.5 Å². The Hall–Kier alpha value is -2.16. The van der Waals surface area contributed by atoms with Gasteiger partial charge in [-0.15, -0.1) is 11.3 Å². The maximum absolute atomic E-state index is 13.1. The zero-order valence-corrected chi connectivity index (χ0v) is 17.8. The van der Waals surface area contributed by atoms with Crippen molar-refractivity contribution in [3.8, 4) is 0 Å². The molecule has 29 heavy (non-hydrogen) atoms. The van der Waals surface area contributed by atoms with Gasteiger partial charge in [-0.05, 0) is 48.9 Å². The van der Waals surface area contributed by atoms with Crippen LogP contribution >= 0.6 is 23.1 Å². The number of nitrogens with zero attached hydrogens (tertiary/aromatic N) is 3. The van der Waals surface area contributed by atoms with Gasteiger partial charge in [-0.2, -0.15) is 0 Å². The number of para-hydroxylation sites is 1. The summed E-state index contributed by atoms with van der Waals surface area (Å²) < 4.78 is 1.58. The van der Waals surface area contributed by atoms with Crippen LogP contribution in [0.2, 0.25) is 0 Å². The van der Waals surface area contributed by atoms with Gasteiger partial charge in [0.05, 0.1) is 16.2 Å². The molecular formula is C21H23N3O3S2. The van der Waals surface area contributed by atoms with Crippen LogP contribution in [-0.2, 0) is 24.3 Å². The van der Waals surface area contributed by atoms with Crippen LogP contribution in [0.4, 0.5) is 0 Å². The monoisotopic (exact) mass is 429 g/mol. The summed E-state index contributed by atoms with van der Waals surface area (Å²) in [6.45, 7) is 3.60. The smallest absolute Gasteiger partial charge is 0.262 e. The second kappa shape index (κ2) is 8.69. The molecule has 3 aromatic rings. The Morgan fingerprint density at radius 3 is 3.00 bits per heavy atom. The Morgan fingerprint density at radius 2 is 2.17 bits per heavy atom.